The first-order valence-corrected chi connectivity index (χ1v) is 14.6. The minimum atomic E-state index is -0.451. The molecule has 4 rings (SSSR count). The van der Waals surface area contributed by atoms with Crippen molar-refractivity contribution in [2.75, 3.05) is 26.2 Å². The fraction of sp³-hybridized carbons (Fsp3) is 0.345. The molecule has 2 heterocycles. The first-order valence-electron chi connectivity index (χ1n) is 12.7. The molecule has 0 atom stereocenters. The highest BCUT2D eigenvalue weighted by Gasteiger charge is 2.37. The lowest BCUT2D eigenvalue weighted by Gasteiger charge is -2.27. The standard InChI is InChI=1S/C29H31IN2O5S/c1-3-8-22-15-21(16-24(36-4-2)27(22)37-19-20-9-11-23(30)12-10-20)17-25-28(34)32(29(35)38-25)18-26(33)31-13-6-5-7-14-31/h3,9-12,15-17H,1,4-8,13-14,18-19H2,2H3/b25-17-. The Labute approximate surface area is 241 Å². The molecule has 9 heteroatoms. The number of imide groups is 1. The summed E-state index contributed by atoms with van der Waals surface area (Å²) < 4.78 is 13.3. The van der Waals surface area contributed by atoms with E-state index in [0.29, 0.717) is 49.8 Å². The number of allylic oxidation sites excluding steroid dienone is 1. The number of nitrogens with zero attached hydrogens (tertiary/aromatic N) is 2. The normalized spacial score (nSPS) is 16.7. The topological polar surface area (TPSA) is 76.2 Å². The van der Waals surface area contributed by atoms with Crippen LogP contribution >= 0.6 is 34.4 Å². The molecule has 0 saturated carbocycles. The molecule has 2 aliphatic rings. The molecular formula is C29H31IN2O5S. The van der Waals surface area contributed by atoms with Crippen LogP contribution in [0.5, 0.6) is 11.5 Å². The van der Waals surface area contributed by atoms with Gasteiger partial charge in [-0.1, -0.05) is 18.2 Å². The van der Waals surface area contributed by atoms with Crippen LogP contribution < -0.4 is 9.47 Å². The van der Waals surface area contributed by atoms with Crippen molar-refractivity contribution in [3.05, 3.63) is 74.2 Å². The van der Waals surface area contributed by atoms with E-state index >= 15 is 0 Å². The highest BCUT2D eigenvalue weighted by Crippen LogP contribution is 2.38. The lowest BCUT2D eigenvalue weighted by atomic mass is 10.0. The Morgan fingerprint density at radius 2 is 1.84 bits per heavy atom. The largest absolute Gasteiger partial charge is 0.490 e. The van der Waals surface area contributed by atoms with Crippen LogP contribution in [-0.2, 0) is 22.6 Å². The van der Waals surface area contributed by atoms with Crippen molar-refractivity contribution in [1.29, 1.82) is 0 Å². The van der Waals surface area contributed by atoms with Crippen molar-refractivity contribution in [1.82, 2.24) is 9.80 Å². The number of likely N-dealkylation sites (tertiary alicyclic amines) is 1. The molecule has 2 saturated heterocycles. The number of benzene rings is 2. The van der Waals surface area contributed by atoms with Crippen LogP contribution in [-0.4, -0.2) is 53.1 Å². The molecule has 2 fully saturated rings. The predicted molar refractivity (Wildman–Crippen MR) is 158 cm³/mol. The summed E-state index contributed by atoms with van der Waals surface area (Å²) in [4.78, 5) is 41.4. The smallest absolute Gasteiger partial charge is 0.294 e. The quantitative estimate of drug-likeness (QED) is 0.178. The highest BCUT2D eigenvalue weighted by molar-refractivity contribution is 14.1. The van der Waals surface area contributed by atoms with E-state index in [9.17, 15) is 14.4 Å². The monoisotopic (exact) mass is 646 g/mol. The lowest BCUT2D eigenvalue weighted by Crippen LogP contribution is -2.44. The van der Waals surface area contributed by atoms with Gasteiger partial charge in [0.2, 0.25) is 5.91 Å². The number of hydrogen-bond acceptors (Lipinski definition) is 6. The van der Waals surface area contributed by atoms with Crippen molar-refractivity contribution < 1.29 is 23.9 Å². The number of carbonyl (C=O) groups excluding carboxylic acids is 3. The molecule has 0 bridgehead atoms. The number of ether oxygens (including phenoxy) is 2. The Morgan fingerprint density at radius 3 is 2.53 bits per heavy atom. The number of thioether (sulfide) groups is 1. The Kier molecular flexibility index (Phi) is 9.90. The maximum absolute atomic E-state index is 13.1. The van der Waals surface area contributed by atoms with Gasteiger partial charge in [0.1, 0.15) is 13.2 Å². The Hall–Kier alpha value is -2.79. The van der Waals surface area contributed by atoms with Crippen molar-refractivity contribution in [2.45, 2.75) is 39.2 Å². The number of halogens is 1. The fourth-order valence-electron chi connectivity index (χ4n) is 4.40. The summed E-state index contributed by atoms with van der Waals surface area (Å²) >= 11 is 3.12. The van der Waals surface area contributed by atoms with Crippen molar-refractivity contribution in [2.24, 2.45) is 0 Å². The third-order valence-electron chi connectivity index (χ3n) is 6.29. The zero-order chi connectivity index (χ0) is 27.1. The van der Waals surface area contributed by atoms with E-state index in [1.807, 2.05) is 43.3 Å². The third kappa shape index (κ3) is 6.99. The van der Waals surface area contributed by atoms with Gasteiger partial charge in [0.25, 0.3) is 11.1 Å². The van der Waals surface area contributed by atoms with Gasteiger partial charge in [-0.05, 0) is 108 Å². The van der Waals surface area contributed by atoms with Crippen LogP contribution in [0.25, 0.3) is 6.08 Å². The molecule has 3 amide bonds. The molecule has 200 valence electrons. The van der Waals surface area contributed by atoms with Crippen LogP contribution in [0, 0.1) is 3.57 Å². The first kappa shape index (κ1) is 28.2. The van der Waals surface area contributed by atoms with Crippen LogP contribution in [0.4, 0.5) is 4.79 Å². The summed E-state index contributed by atoms with van der Waals surface area (Å²) in [5.41, 5.74) is 2.61. The SMILES string of the molecule is C=CCc1cc(/C=C2\SC(=O)N(CC(=O)N3CCCCC3)C2=O)cc(OCC)c1OCc1ccc(I)cc1. The van der Waals surface area contributed by atoms with E-state index in [1.54, 1.807) is 17.1 Å². The minimum absolute atomic E-state index is 0.185. The lowest BCUT2D eigenvalue weighted by molar-refractivity contribution is -0.136. The molecule has 38 heavy (non-hydrogen) atoms. The van der Waals surface area contributed by atoms with Gasteiger partial charge in [-0.2, -0.15) is 0 Å². The summed E-state index contributed by atoms with van der Waals surface area (Å²) in [6, 6.07) is 11.8. The van der Waals surface area contributed by atoms with Crippen molar-refractivity contribution >= 4 is 57.5 Å². The van der Waals surface area contributed by atoms with Crippen molar-refractivity contribution in [3.8, 4) is 11.5 Å². The van der Waals surface area contributed by atoms with E-state index in [4.69, 9.17) is 9.47 Å². The molecule has 0 N–H and O–H groups in total. The van der Waals surface area contributed by atoms with Gasteiger partial charge < -0.3 is 14.4 Å². The number of amides is 3. The maximum Gasteiger partial charge on any atom is 0.294 e. The number of piperidine rings is 1. The fourth-order valence-corrected chi connectivity index (χ4v) is 5.60. The van der Waals surface area contributed by atoms with Crippen molar-refractivity contribution in [3.63, 3.8) is 0 Å². The Morgan fingerprint density at radius 1 is 1.11 bits per heavy atom. The van der Waals surface area contributed by atoms with Gasteiger partial charge in [-0.15, -0.1) is 6.58 Å². The summed E-state index contributed by atoms with van der Waals surface area (Å²) in [6.45, 7) is 7.71. The molecule has 2 aliphatic heterocycles. The Bertz CT molecular complexity index is 1240. The van der Waals surface area contributed by atoms with Crippen LogP contribution in [0.1, 0.15) is 42.9 Å². The van der Waals surface area contributed by atoms with Crippen LogP contribution in [0.15, 0.2) is 54.0 Å². The summed E-state index contributed by atoms with van der Waals surface area (Å²) in [5, 5.41) is -0.430. The molecule has 7 nitrogen and oxygen atoms in total. The van der Waals surface area contributed by atoms with Gasteiger partial charge in [-0.25, -0.2) is 0 Å². The highest BCUT2D eigenvalue weighted by atomic mass is 127. The van der Waals surface area contributed by atoms with Gasteiger partial charge in [-0.3, -0.25) is 19.3 Å². The molecule has 0 unspecified atom stereocenters. The molecule has 2 aromatic rings. The summed E-state index contributed by atoms with van der Waals surface area (Å²) in [5.74, 6) is 0.549. The average molecular weight is 647 g/mol. The molecule has 0 aromatic heterocycles. The average Bonchev–Trinajstić information content (AvgIpc) is 3.17. The second-order valence-corrected chi connectivity index (χ2v) is 11.3. The molecule has 0 aliphatic carbocycles. The minimum Gasteiger partial charge on any atom is -0.490 e. The predicted octanol–water partition coefficient (Wildman–Crippen LogP) is 6.05. The van der Waals surface area contributed by atoms with Crippen LogP contribution in [0.3, 0.4) is 0 Å². The van der Waals surface area contributed by atoms with E-state index in [-0.39, 0.29) is 17.4 Å². The zero-order valence-electron chi connectivity index (χ0n) is 21.4. The second kappa shape index (κ2) is 13.3. The number of hydrogen-bond donors (Lipinski definition) is 0. The molecule has 0 radical (unpaired) electrons. The van der Waals surface area contributed by atoms with E-state index in [0.717, 1.165) is 50.6 Å². The Balaban J connectivity index is 1.56. The van der Waals surface area contributed by atoms with Gasteiger partial charge in [0.15, 0.2) is 11.5 Å². The van der Waals surface area contributed by atoms with Gasteiger partial charge >= 0.3 is 0 Å². The van der Waals surface area contributed by atoms with Crippen LogP contribution in [0.2, 0.25) is 0 Å². The zero-order valence-corrected chi connectivity index (χ0v) is 24.4. The molecular weight excluding hydrogens is 615 g/mol. The van der Waals surface area contributed by atoms with E-state index in [2.05, 4.69) is 29.2 Å². The summed E-state index contributed by atoms with van der Waals surface area (Å²) in [7, 11) is 0. The first-order chi connectivity index (χ1) is 18.4. The van der Waals surface area contributed by atoms with Gasteiger partial charge in [0.05, 0.1) is 11.5 Å². The van der Waals surface area contributed by atoms with Gasteiger partial charge in [0, 0.05) is 22.2 Å². The third-order valence-corrected chi connectivity index (χ3v) is 7.91. The number of rotatable bonds is 10. The van der Waals surface area contributed by atoms with E-state index in [1.165, 1.54) is 0 Å². The molecule has 2 aromatic carbocycles. The molecule has 0 spiro atoms. The number of carbonyl (C=O) groups is 3. The summed E-state index contributed by atoms with van der Waals surface area (Å²) in [6.07, 6.45) is 7.00. The maximum atomic E-state index is 13.1. The second-order valence-electron chi connectivity index (χ2n) is 9.06. The van der Waals surface area contributed by atoms with E-state index < -0.39 is 11.1 Å².